The summed E-state index contributed by atoms with van der Waals surface area (Å²) in [4.78, 5) is 21.2. The topological polar surface area (TPSA) is 48.5 Å². The van der Waals surface area contributed by atoms with Crippen LogP contribution in [0.5, 0.6) is 0 Å². The van der Waals surface area contributed by atoms with Gasteiger partial charge in [0.15, 0.2) is 0 Å². The van der Waals surface area contributed by atoms with Crippen molar-refractivity contribution >= 4 is 23.3 Å². The predicted molar refractivity (Wildman–Crippen MR) is 101 cm³/mol. The standard InChI is InChI=1S/C19H23ClN4O/c1-23-8-10-24(11-9-23)18-7-6-15(13-21-18)14-22-19(25)12-16-4-2-3-5-17(16)20/h2-7,13H,8-12,14H2,1H3,(H,22,25). The molecule has 1 fully saturated rings. The lowest BCUT2D eigenvalue weighted by Crippen LogP contribution is -2.44. The average Bonchev–Trinajstić information content (AvgIpc) is 2.63. The van der Waals surface area contributed by atoms with E-state index >= 15 is 0 Å². The van der Waals surface area contributed by atoms with Crippen LogP contribution < -0.4 is 10.2 Å². The molecular weight excluding hydrogens is 336 g/mol. The maximum atomic E-state index is 12.1. The van der Waals surface area contributed by atoms with E-state index in [9.17, 15) is 4.79 Å². The van der Waals surface area contributed by atoms with Gasteiger partial charge in [-0.25, -0.2) is 4.98 Å². The van der Waals surface area contributed by atoms with Crippen LogP contribution in [0.4, 0.5) is 5.82 Å². The highest BCUT2D eigenvalue weighted by molar-refractivity contribution is 6.31. The highest BCUT2D eigenvalue weighted by Crippen LogP contribution is 2.16. The van der Waals surface area contributed by atoms with Crippen molar-refractivity contribution in [3.63, 3.8) is 0 Å². The fourth-order valence-electron chi connectivity index (χ4n) is 2.82. The molecule has 0 radical (unpaired) electrons. The molecule has 1 aromatic carbocycles. The molecule has 2 aromatic rings. The number of amides is 1. The van der Waals surface area contributed by atoms with E-state index in [1.807, 2.05) is 36.5 Å². The van der Waals surface area contributed by atoms with E-state index in [1.165, 1.54) is 0 Å². The number of likely N-dealkylation sites (N-methyl/N-ethyl adjacent to an activating group) is 1. The molecule has 0 spiro atoms. The number of piperazine rings is 1. The Labute approximate surface area is 153 Å². The van der Waals surface area contributed by atoms with Gasteiger partial charge >= 0.3 is 0 Å². The number of aromatic nitrogens is 1. The summed E-state index contributed by atoms with van der Waals surface area (Å²) in [6, 6.07) is 11.5. The number of halogens is 1. The van der Waals surface area contributed by atoms with E-state index in [4.69, 9.17) is 11.6 Å². The number of hydrogen-bond donors (Lipinski definition) is 1. The zero-order chi connectivity index (χ0) is 17.6. The van der Waals surface area contributed by atoms with E-state index in [2.05, 4.69) is 27.1 Å². The summed E-state index contributed by atoms with van der Waals surface area (Å²) in [5, 5.41) is 3.54. The van der Waals surface area contributed by atoms with Gasteiger partial charge in [0.25, 0.3) is 0 Å². The highest BCUT2D eigenvalue weighted by atomic mass is 35.5. The minimum absolute atomic E-state index is 0.0451. The molecule has 6 heteroatoms. The smallest absolute Gasteiger partial charge is 0.224 e. The van der Waals surface area contributed by atoms with Gasteiger partial charge < -0.3 is 15.1 Å². The second kappa shape index (κ2) is 8.32. The van der Waals surface area contributed by atoms with Crippen LogP contribution in [0.15, 0.2) is 42.6 Å². The van der Waals surface area contributed by atoms with Crippen molar-refractivity contribution < 1.29 is 4.79 Å². The molecule has 25 heavy (non-hydrogen) atoms. The van der Waals surface area contributed by atoms with Crippen LogP contribution in [0, 0.1) is 0 Å². The number of rotatable bonds is 5. The Kier molecular flexibility index (Phi) is 5.89. The SMILES string of the molecule is CN1CCN(c2ccc(CNC(=O)Cc3ccccc3Cl)cn2)CC1. The summed E-state index contributed by atoms with van der Waals surface area (Å²) in [5.41, 5.74) is 1.83. The van der Waals surface area contributed by atoms with Crippen LogP contribution in [0.3, 0.4) is 0 Å². The number of anilines is 1. The molecule has 5 nitrogen and oxygen atoms in total. The fraction of sp³-hybridized carbons (Fsp3) is 0.368. The molecule has 0 saturated carbocycles. The number of hydrogen-bond acceptors (Lipinski definition) is 4. The third-order valence-electron chi connectivity index (χ3n) is 4.43. The first kappa shape index (κ1) is 17.7. The number of carbonyl (C=O) groups is 1. The first-order valence-corrected chi connectivity index (χ1v) is 8.88. The molecule has 1 N–H and O–H groups in total. The van der Waals surface area contributed by atoms with Gasteiger partial charge in [0.05, 0.1) is 6.42 Å². The summed E-state index contributed by atoms with van der Waals surface area (Å²) < 4.78 is 0. The number of carbonyl (C=O) groups excluding carboxylic acids is 1. The summed E-state index contributed by atoms with van der Waals surface area (Å²) >= 11 is 6.09. The minimum atomic E-state index is -0.0451. The Balaban J connectivity index is 1.50. The lowest BCUT2D eigenvalue weighted by Gasteiger charge is -2.33. The summed E-state index contributed by atoms with van der Waals surface area (Å²) in [5.74, 6) is 0.954. The maximum Gasteiger partial charge on any atom is 0.224 e. The molecule has 0 bridgehead atoms. The molecule has 0 unspecified atom stereocenters. The zero-order valence-electron chi connectivity index (χ0n) is 14.4. The third kappa shape index (κ3) is 4.94. The van der Waals surface area contributed by atoms with Gasteiger partial charge in [-0.1, -0.05) is 35.9 Å². The molecule has 1 aliphatic rings. The zero-order valence-corrected chi connectivity index (χ0v) is 15.2. The van der Waals surface area contributed by atoms with Crippen molar-refractivity contribution in [1.29, 1.82) is 0 Å². The van der Waals surface area contributed by atoms with E-state index in [-0.39, 0.29) is 12.3 Å². The van der Waals surface area contributed by atoms with Crippen molar-refractivity contribution in [1.82, 2.24) is 15.2 Å². The Bertz CT molecular complexity index is 712. The monoisotopic (exact) mass is 358 g/mol. The number of benzene rings is 1. The van der Waals surface area contributed by atoms with Gasteiger partial charge in [-0.05, 0) is 30.3 Å². The third-order valence-corrected chi connectivity index (χ3v) is 4.80. The molecular formula is C19H23ClN4O. The van der Waals surface area contributed by atoms with Gasteiger partial charge in [-0.3, -0.25) is 4.79 Å². The predicted octanol–water partition coefficient (Wildman–Crippen LogP) is 2.35. The van der Waals surface area contributed by atoms with Crippen molar-refractivity contribution in [3.05, 3.63) is 58.7 Å². The van der Waals surface area contributed by atoms with Crippen molar-refractivity contribution in [2.75, 3.05) is 38.1 Å². The van der Waals surface area contributed by atoms with Crippen molar-refractivity contribution in [2.24, 2.45) is 0 Å². The molecule has 2 heterocycles. The Morgan fingerprint density at radius 2 is 1.92 bits per heavy atom. The summed E-state index contributed by atoms with van der Waals surface area (Å²) in [7, 11) is 2.14. The largest absolute Gasteiger partial charge is 0.354 e. The molecule has 3 rings (SSSR count). The minimum Gasteiger partial charge on any atom is -0.354 e. The van der Waals surface area contributed by atoms with Gasteiger partial charge in [0.2, 0.25) is 5.91 Å². The van der Waals surface area contributed by atoms with Crippen molar-refractivity contribution in [2.45, 2.75) is 13.0 Å². The molecule has 1 amide bonds. The molecule has 0 atom stereocenters. The van der Waals surface area contributed by atoms with Gasteiger partial charge in [-0.15, -0.1) is 0 Å². The second-order valence-electron chi connectivity index (χ2n) is 6.36. The van der Waals surface area contributed by atoms with Crippen LogP contribution in [0.25, 0.3) is 0 Å². The van der Waals surface area contributed by atoms with Gasteiger partial charge in [0.1, 0.15) is 5.82 Å². The molecule has 1 aromatic heterocycles. The number of nitrogens with one attached hydrogen (secondary N) is 1. The molecule has 132 valence electrons. The van der Waals surface area contributed by atoms with Crippen LogP contribution >= 0.6 is 11.6 Å². The van der Waals surface area contributed by atoms with Gasteiger partial charge in [0, 0.05) is 43.9 Å². The molecule has 1 saturated heterocycles. The normalized spacial score (nSPS) is 15.2. The summed E-state index contributed by atoms with van der Waals surface area (Å²) in [6.07, 6.45) is 2.12. The highest BCUT2D eigenvalue weighted by Gasteiger charge is 2.15. The Hall–Kier alpha value is -2.11. The average molecular weight is 359 g/mol. The Morgan fingerprint density at radius 3 is 2.60 bits per heavy atom. The van der Waals surface area contributed by atoms with Crippen LogP contribution in [-0.2, 0) is 17.8 Å². The van der Waals surface area contributed by atoms with E-state index in [0.29, 0.717) is 11.6 Å². The Morgan fingerprint density at radius 1 is 1.16 bits per heavy atom. The molecule has 1 aliphatic heterocycles. The first-order valence-electron chi connectivity index (χ1n) is 8.50. The van der Waals surface area contributed by atoms with Crippen LogP contribution in [0.2, 0.25) is 5.02 Å². The van der Waals surface area contributed by atoms with Crippen LogP contribution in [-0.4, -0.2) is 49.0 Å². The quantitative estimate of drug-likeness (QED) is 0.891. The number of pyridine rings is 1. The van der Waals surface area contributed by atoms with Gasteiger partial charge in [-0.2, -0.15) is 0 Å². The van der Waals surface area contributed by atoms with E-state index < -0.39 is 0 Å². The maximum absolute atomic E-state index is 12.1. The molecule has 0 aliphatic carbocycles. The van der Waals surface area contributed by atoms with E-state index in [0.717, 1.165) is 43.1 Å². The summed E-state index contributed by atoms with van der Waals surface area (Å²) in [6.45, 7) is 4.58. The second-order valence-corrected chi connectivity index (χ2v) is 6.77. The van der Waals surface area contributed by atoms with E-state index in [1.54, 1.807) is 6.07 Å². The first-order chi connectivity index (χ1) is 12.1. The van der Waals surface area contributed by atoms with Crippen LogP contribution in [0.1, 0.15) is 11.1 Å². The lowest BCUT2D eigenvalue weighted by atomic mass is 10.1. The lowest BCUT2D eigenvalue weighted by molar-refractivity contribution is -0.120. The fourth-order valence-corrected chi connectivity index (χ4v) is 3.02. The number of nitrogens with zero attached hydrogens (tertiary/aromatic N) is 3. The van der Waals surface area contributed by atoms with Crippen molar-refractivity contribution in [3.8, 4) is 0 Å².